The molecule has 4 N–H and O–H groups in total. The molecular formula is C21H29N5O3. The minimum absolute atomic E-state index is 0.115. The highest BCUT2D eigenvalue weighted by molar-refractivity contribution is 5.94. The van der Waals surface area contributed by atoms with Crippen LogP contribution in [0, 0.1) is 0 Å². The standard InChI is InChI=1S/C21H29N5O3/c1-21(2,3)26-18(27)14-25-20(22-4)24-12-15-7-5-8-16(11-15)19(28)23-13-17-9-6-10-29-17/h5-11H,12-14H2,1-4H3,(H,23,28)(H,26,27)(H2,22,24,25). The van der Waals surface area contributed by atoms with Crippen molar-refractivity contribution in [3.8, 4) is 0 Å². The van der Waals surface area contributed by atoms with Crippen LogP contribution < -0.4 is 21.3 Å². The van der Waals surface area contributed by atoms with Gasteiger partial charge in [-0.25, -0.2) is 0 Å². The molecule has 29 heavy (non-hydrogen) atoms. The normalized spacial score (nSPS) is 11.7. The van der Waals surface area contributed by atoms with E-state index in [2.05, 4.69) is 26.3 Å². The summed E-state index contributed by atoms with van der Waals surface area (Å²) in [6.45, 7) is 6.69. The molecule has 0 atom stereocenters. The maximum Gasteiger partial charge on any atom is 0.251 e. The number of nitrogens with one attached hydrogen (secondary N) is 4. The lowest BCUT2D eigenvalue weighted by atomic mass is 10.1. The second-order valence-corrected chi connectivity index (χ2v) is 7.54. The van der Waals surface area contributed by atoms with Crippen molar-refractivity contribution >= 4 is 17.8 Å². The van der Waals surface area contributed by atoms with Crippen LogP contribution in [0.2, 0.25) is 0 Å². The Labute approximate surface area is 171 Å². The summed E-state index contributed by atoms with van der Waals surface area (Å²) >= 11 is 0. The Kier molecular flexibility index (Phi) is 7.82. The summed E-state index contributed by atoms with van der Waals surface area (Å²) in [5.41, 5.74) is 1.19. The molecule has 156 valence electrons. The molecule has 0 aliphatic rings. The fourth-order valence-electron chi connectivity index (χ4n) is 2.54. The Morgan fingerprint density at radius 1 is 1.03 bits per heavy atom. The zero-order valence-corrected chi connectivity index (χ0v) is 17.3. The quantitative estimate of drug-likeness (QED) is 0.419. The first-order valence-corrected chi connectivity index (χ1v) is 9.42. The van der Waals surface area contributed by atoms with Gasteiger partial charge in [0.05, 0.1) is 19.4 Å². The van der Waals surface area contributed by atoms with E-state index in [0.29, 0.717) is 30.4 Å². The number of nitrogens with zero attached hydrogens (tertiary/aromatic N) is 1. The van der Waals surface area contributed by atoms with Crippen molar-refractivity contribution < 1.29 is 14.0 Å². The van der Waals surface area contributed by atoms with Crippen LogP contribution >= 0.6 is 0 Å². The van der Waals surface area contributed by atoms with Crippen LogP contribution in [-0.2, 0) is 17.9 Å². The highest BCUT2D eigenvalue weighted by Crippen LogP contribution is 2.06. The molecule has 0 aliphatic carbocycles. The summed E-state index contributed by atoms with van der Waals surface area (Å²) < 4.78 is 5.21. The van der Waals surface area contributed by atoms with E-state index in [4.69, 9.17) is 4.42 Å². The van der Waals surface area contributed by atoms with E-state index in [0.717, 1.165) is 5.56 Å². The maximum absolute atomic E-state index is 12.3. The third-order valence-corrected chi connectivity index (χ3v) is 3.81. The van der Waals surface area contributed by atoms with Crippen LogP contribution in [0.25, 0.3) is 0 Å². The zero-order valence-electron chi connectivity index (χ0n) is 17.3. The van der Waals surface area contributed by atoms with E-state index < -0.39 is 0 Å². The molecule has 2 aromatic rings. The lowest BCUT2D eigenvalue weighted by Gasteiger charge is -2.21. The first kappa shape index (κ1) is 22.0. The smallest absolute Gasteiger partial charge is 0.251 e. The number of aliphatic imine (C=N–C) groups is 1. The van der Waals surface area contributed by atoms with Gasteiger partial charge in [-0.3, -0.25) is 14.6 Å². The van der Waals surface area contributed by atoms with Crippen molar-refractivity contribution in [1.29, 1.82) is 0 Å². The second-order valence-electron chi connectivity index (χ2n) is 7.54. The minimum atomic E-state index is -0.284. The lowest BCUT2D eigenvalue weighted by Crippen LogP contribution is -2.48. The van der Waals surface area contributed by atoms with E-state index in [-0.39, 0.29) is 23.9 Å². The van der Waals surface area contributed by atoms with Gasteiger partial charge in [-0.1, -0.05) is 12.1 Å². The van der Waals surface area contributed by atoms with Crippen LogP contribution in [0.4, 0.5) is 0 Å². The van der Waals surface area contributed by atoms with Crippen LogP contribution in [0.15, 0.2) is 52.1 Å². The lowest BCUT2D eigenvalue weighted by molar-refractivity contribution is -0.121. The molecule has 1 aromatic carbocycles. The van der Waals surface area contributed by atoms with Crippen LogP contribution in [0.3, 0.4) is 0 Å². The summed E-state index contributed by atoms with van der Waals surface area (Å²) in [4.78, 5) is 28.3. The number of rotatable bonds is 7. The van der Waals surface area contributed by atoms with Gasteiger partial charge in [0, 0.05) is 24.7 Å². The number of hydrogen-bond donors (Lipinski definition) is 4. The molecule has 0 bridgehead atoms. The van der Waals surface area contributed by atoms with Gasteiger partial charge in [0.1, 0.15) is 5.76 Å². The Morgan fingerprint density at radius 2 is 1.83 bits per heavy atom. The van der Waals surface area contributed by atoms with Gasteiger partial charge in [-0.05, 0) is 50.6 Å². The largest absolute Gasteiger partial charge is 0.467 e. The molecule has 0 spiro atoms. The third-order valence-electron chi connectivity index (χ3n) is 3.81. The van der Waals surface area contributed by atoms with Crippen LogP contribution in [-0.4, -0.2) is 36.9 Å². The molecular weight excluding hydrogens is 370 g/mol. The zero-order chi connectivity index (χ0) is 21.3. The molecule has 0 aliphatic heterocycles. The predicted molar refractivity (Wildman–Crippen MR) is 112 cm³/mol. The molecule has 2 rings (SSSR count). The van der Waals surface area contributed by atoms with Crippen molar-refractivity contribution in [2.75, 3.05) is 13.6 Å². The fourth-order valence-corrected chi connectivity index (χ4v) is 2.54. The summed E-state index contributed by atoms with van der Waals surface area (Å²) in [6.07, 6.45) is 1.57. The van der Waals surface area contributed by atoms with Gasteiger partial charge < -0.3 is 25.7 Å². The highest BCUT2D eigenvalue weighted by atomic mass is 16.3. The second kappa shape index (κ2) is 10.3. The third kappa shape index (κ3) is 8.08. The number of benzene rings is 1. The number of carbonyl (C=O) groups excluding carboxylic acids is 2. The van der Waals surface area contributed by atoms with Gasteiger partial charge in [-0.15, -0.1) is 0 Å². The summed E-state index contributed by atoms with van der Waals surface area (Å²) in [5.74, 6) is 0.906. The summed E-state index contributed by atoms with van der Waals surface area (Å²) in [7, 11) is 1.63. The van der Waals surface area contributed by atoms with Gasteiger partial charge in [0.15, 0.2) is 5.96 Å². The number of hydrogen-bond acceptors (Lipinski definition) is 4. The average Bonchev–Trinajstić information content (AvgIpc) is 3.18. The Hall–Kier alpha value is -3.29. The van der Waals surface area contributed by atoms with Crippen molar-refractivity contribution in [3.05, 3.63) is 59.5 Å². The van der Waals surface area contributed by atoms with Gasteiger partial charge in [0.2, 0.25) is 5.91 Å². The molecule has 8 heteroatoms. The molecule has 0 unspecified atom stereocenters. The molecule has 1 aromatic heterocycles. The van der Waals surface area contributed by atoms with E-state index in [1.807, 2.05) is 39.0 Å². The average molecular weight is 399 g/mol. The van der Waals surface area contributed by atoms with E-state index >= 15 is 0 Å². The van der Waals surface area contributed by atoms with Crippen LogP contribution in [0.1, 0.15) is 42.5 Å². The Balaban J connectivity index is 1.83. The number of guanidine groups is 1. The van der Waals surface area contributed by atoms with Crippen molar-refractivity contribution in [3.63, 3.8) is 0 Å². The summed E-state index contributed by atoms with van der Waals surface area (Å²) in [6, 6.07) is 10.9. The molecule has 0 saturated heterocycles. The molecule has 1 heterocycles. The van der Waals surface area contributed by atoms with E-state index in [1.54, 1.807) is 31.5 Å². The first-order valence-electron chi connectivity index (χ1n) is 9.42. The van der Waals surface area contributed by atoms with E-state index in [1.165, 1.54) is 0 Å². The Morgan fingerprint density at radius 3 is 2.48 bits per heavy atom. The molecule has 8 nitrogen and oxygen atoms in total. The molecule has 2 amide bonds. The minimum Gasteiger partial charge on any atom is -0.467 e. The SMILES string of the molecule is CN=C(NCC(=O)NC(C)(C)C)NCc1cccc(C(=O)NCc2ccco2)c1. The number of carbonyl (C=O) groups is 2. The van der Waals surface area contributed by atoms with Crippen molar-refractivity contribution in [2.45, 2.75) is 39.4 Å². The Bertz CT molecular complexity index is 838. The topological polar surface area (TPSA) is 108 Å². The molecule has 0 fully saturated rings. The van der Waals surface area contributed by atoms with E-state index in [9.17, 15) is 9.59 Å². The fraction of sp³-hybridized carbons (Fsp3) is 0.381. The predicted octanol–water partition coefficient (Wildman–Crippen LogP) is 1.79. The van der Waals surface area contributed by atoms with Gasteiger partial charge in [0.25, 0.3) is 5.91 Å². The first-order chi connectivity index (χ1) is 13.8. The maximum atomic E-state index is 12.3. The molecule has 0 radical (unpaired) electrons. The van der Waals surface area contributed by atoms with Gasteiger partial charge in [-0.2, -0.15) is 0 Å². The van der Waals surface area contributed by atoms with Crippen LogP contribution in [0.5, 0.6) is 0 Å². The molecule has 0 saturated carbocycles. The number of furan rings is 1. The summed E-state index contributed by atoms with van der Waals surface area (Å²) in [5, 5.41) is 11.8. The number of amides is 2. The van der Waals surface area contributed by atoms with Gasteiger partial charge >= 0.3 is 0 Å². The highest BCUT2D eigenvalue weighted by Gasteiger charge is 2.13. The van der Waals surface area contributed by atoms with Crippen molar-refractivity contribution in [1.82, 2.24) is 21.3 Å². The monoisotopic (exact) mass is 399 g/mol. The van der Waals surface area contributed by atoms with Crippen molar-refractivity contribution in [2.24, 2.45) is 4.99 Å².